The molecule has 0 unspecified atom stereocenters. The van der Waals surface area contributed by atoms with Gasteiger partial charge in [-0.2, -0.15) is 0 Å². The van der Waals surface area contributed by atoms with Gasteiger partial charge >= 0.3 is 0 Å². The van der Waals surface area contributed by atoms with E-state index in [1.807, 2.05) is 44.2 Å². The van der Waals surface area contributed by atoms with Crippen LogP contribution in [0.3, 0.4) is 0 Å². The number of benzene rings is 2. The van der Waals surface area contributed by atoms with Gasteiger partial charge in [-0.3, -0.25) is 9.59 Å². The molecule has 0 radical (unpaired) electrons. The number of hydrogen-bond acceptors (Lipinski definition) is 2. The van der Waals surface area contributed by atoms with E-state index in [0.29, 0.717) is 30.1 Å². The van der Waals surface area contributed by atoms with Crippen LogP contribution in [-0.4, -0.2) is 22.8 Å². The number of amides is 2. The summed E-state index contributed by atoms with van der Waals surface area (Å²) in [6, 6.07) is 16.8. The summed E-state index contributed by atoms with van der Waals surface area (Å²) in [5.74, 6) is -0.348. The number of nitrogens with zero attached hydrogens (tertiary/aromatic N) is 1. The van der Waals surface area contributed by atoms with Gasteiger partial charge in [0.15, 0.2) is 0 Å². The lowest BCUT2D eigenvalue weighted by molar-refractivity contribution is -0.144. The van der Waals surface area contributed by atoms with Crippen LogP contribution < -0.4 is 5.32 Å². The van der Waals surface area contributed by atoms with Crippen LogP contribution in [0.5, 0.6) is 0 Å². The predicted molar refractivity (Wildman–Crippen MR) is 104 cm³/mol. The number of anilines is 1. The maximum absolute atomic E-state index is 13.2. The van der Waals surface area contributed by atoms with Gasteiger partial charge in [0.1, 0.15) is 5.41 Å². The number of rotatable bonds is 6. The highest BCUT2D eigenvalue weighted by molar-refractivity contribution is 6.31. The predicted octanol–water partition coefficient (Wildman–Crippen LogP) is 4.50. The molecule has 3 rings (SSSR count). The van der Waals surface area contributed by atoms with Crippen molar-refractivity contribution < 1.29 is 9.59 Å². The highest BCUT2D eigenvalue weighted by Gasteiger charge is 2.58. The summed E-state index contributed by atoms with van der Waals surface area (Å²) in [4.78, 5) is 27.8. The Bertz CT molecular complexity index is 801. The number of nitrogens with one attached hydrogen (secondary N) is 1. The van der Waals surface area contributed by atoms with Crippen molar-refractivity contribution in [1.29, 1.82) is 0 Å². The van der Waals surface area contributed by atoms with E-state index in [1.54, 1.807) is 29.2 Å². The average molecular weight is 371 g/mol. The number of carbonyl (C=O) groups excluding carboxylic acids is 2. The first-order valence-electron chi connectivity index (χ1n) is 8.84. The first kappa shape index (κ1) is 18.5. The van der Waals surface area contributed by atoms with E-state index >= 15 is 0 Å². The largest absolute Gasteiger partial charge is 0.335 e. The molecule has 136 valence electrons. The molecule has 1 saturated carbocycles. The Balaban J connectivity index is 1.76. The molecule has 0 aliphatic heterocycles. The molecule has 1 N–H and O–H groups in total. The molecular formula is C21H23ClN2O2. The fourth-order valence-corrected chi connectivity index (χ4v) is 3.21. The molecule has 26 heavy (non-hydrogen) atoms. The van der Waals surface area contributed by atoms with Gasteiger partial charge in [-0.05, 0) is 50.5 Å². The molecule has 0 heterocycles. The van der Waals surface area contributed by atoms with E-state index < -0.39 is 5.41 Å². The third-order valence-corrected chi connectivity index (χ3v) is 4.99. The molecule has 0 saturated heterocycles. The quantitative estimate of drug-likeness (QED) is 0.761. The van der Waals surface area contributed by atoms with Crippen LogP contribution in [0.1, 0.15) is 32.3 Å². The second kappa shape index (κ2) is 7.50. The van der Waals surface area contributed by atoms with Crippen molar-refractivity contribution in [2.75, 3.05) is 5.32 Å². The smallest absolute Gasteiger partial charge is 0.240 e. The molecule has 1 aliphatic carbocycles. The molecule has 4 nitrogen and oxygen atoms in total. The molecule has 0 atom stereocenters. The van der Waals surface area contributed by atoms with Gasteiger partial charge in [0.25, 0.3) is 0 Å². The molecule has 2 aromatic carbocycles. The summed E-state index contributed by atoms with van der Waals surface area (Å²) in [6.07, 6.45) is 1.16. The molecule has 0 bridgehead atoms. The SMILES string of the molecule is CC(C)N(Cc1ccccc1)C(=O)C1(C(=O)Nc2cccc(Cl)c2)CC1. The van der Waals surface area contributed by atoms with Crippen molar-refractivity contribution >= 4 is 29.1 Å². The molecule has 5 heteroatoms. The van der Waals surface area contributed by atoms with Gasteiger partial charge in [-0.1, -0.05) is 48.0 Å². The van der Waals surface area contributed by atoms with Crippen molar-refractivity contribution in [3.8, 4) is 0 Å². The highest BCUT2D eigenvalue weighted by atomic mass is 35.5. The Morgan fingerprint density at radius 3 is 2.38 bits per heavy atom. The monoisotopic (exact) mass is 370 g/mol. The first-order valence-corrected chi connectivity index (χ1v) is 9.22. The van der Waals surface area contributed by atoms with Gasteiger partial charge in [-0.15, -0.1) is 0 Å². The second-order valence-electron chi connectivity index (χ2n) is 7.06. The maximum atomic E-state index is 13.2. The van der Waals surface area contributed by atoms with Gasteiger partial charge in [0.2, 0.25) is 11.8 Å². The summed E-state index contributed by atoms with van der Waals surface area (Å²) < 4.78 is 0. The van der Waals surface area contributed by atoms with Crippen molar-refractivity contribution in [2.24, 2.45) is 5.41 Å². The van der Waals surface area contributed by atoms with Crippen LogP contribution in [0.15, 0.2) is 54.6 Å². The van der Waals surface area contributed by atoms with Crippen LogP contribution in [0.4, 0.5) is 5.69 Å². The lowest BCUT2D eigenvalue weighted by atomic mass is 10.0. The Hall–Kier alpha value is -2.33. The molecular weight excluding hydrogens is 348 g/mol. The van der Waals surface area contributed by atoms with E-state index in [1.165, 1.54) is 0 Å². The third kappa shape index (κ3) is 3.91. The Labute approximate surface area is 159 Å². The van der Waals surface area contributed by atoms with Crippen molar-refractivity contribution in [1.82, 2.24) is 4.90 Å². The Morgan fingerprint density at radius 1 is 1.12 bits per heavy atom. The zero-order valence-electron chi connectivity index (χ0n) is 15.0. The summed E-state index contributed by atoms with van der Waals surface area (Å²) in [5.41, 5.74) is 0.711. The zero-order valence-corrected chi connectivity index (χ0v) is 15.8. The molecule has 1 aliphatic rings. The fourth-order valence-electron chi connectivity index (χ4n) is 3.02. The van der Waals surface area contributed by atoms with E-state index in [-0.39, 0.29) is 17.9 Å². The standard InChI is InChI=1S/C21H23ClN2O2/c1-15(2)24(14-16-7-4-3-5-8-16)20(26)21(11-12-21)19(25)23-18-10-6-9-17(22)13-18/h3-10,13,15H,11-12,14H2,1-2H3,(H,23,25). The number of carbonyl (C=O) groups is 2. The normalized spacial score (nSPS) is 14.8. The van der Waals surface area contributed by atoms with Crippen LogP contribution in [0.25, 0.3) is 0 Å². The van der Waals surface area contributed by atoms with Gasteiger partial charge in [0.05, 0.1) is 0 Å². The third-order valence-electron chi connectivity index (χ3n) is 4.76. The molecule has 2 aromatic rings. The minimum atomic E-state index is -0.957. The van der Waals surface area contributed by atoms with E-state index in [4.69, 9.17) is 11.6 Å². The molecule has 2 amide bonds. The number of halogens is 1. The molecule has 0 spiro atoms. The number of hydrogen-bond donors (Lipinski definition) is 1. The summed E-state index contributed by atoms with van der Waals surface area (Å²) in [5, 5.41) is 3.40. The molecule has 1 fully saturated rings. The lowest BCUT2D eigenvalue weighted by Gasteiger charge is -2.30. The zero-order chi connectivity index (χ0) is 18.7. The highest BCUT2D eigenvalue weighted by Crippen LogP contribution is 2.48. The first-order chi connectivity index (χ1) is 12.4. The van der Waals surface area contributed by atoms with Gasteiger partial charge in [-0.25, -0.2) is 0 Å². The lowest BCUT2D eigenvalue weighted by Crippen LogP contribution is -2.45. The van der Waals surface area contributed by atoms with E-state index in [2.05, 4.69) is 5.32 Å². The average Bonchev–Trinajstić information content (AvgIpc) is 3.42. The van der Waals surface area contributed by atoms with Crippen LogP contribution >= 0.6 is 11.6 Å². The minimum Gasteiger partial charge on any atom is -0.335 e. The van der Waals surface area contributed by atoms with Crippen LogP contribution in [0, 0.1) is 5.41 Å². The summed E-state index contributed by atoms with van der Waals surface area (Å²) >= 11 is 5.98. The van der Waals surface area contributed by atoms with E-state index in [9.17, 15) is 9.59 Å². The van der Waals surface area contributed by atoms with E-state index in [0.717, 1.165) is 5.56 Å². The van der Waals surface area contributed by atoms with Crippen LogP contribution in [-0.2, 0) is 16.1 Å². The van der Waals surface area contributed by atoms with Gasteiger partial charge in [0, 0.05) is 23.3 Å². The van der Waals surface area contributed by atoms with Gasteiger partial charge < -0.3 is 10.2 Å². The minimum absolute atomic E-state index is 0.0131. The topological polar surface area (TPSA) is 49.4 Å². The Morgan fingerprint density at radius 2 is 1.81 bits per heavy atom. The maximum Gasteiger partial charge on any atom is 0.240 e. The van der Waals surface area contributed by atoms with Crippen LogP contribution in [0.2, 0.25) is 5.02 Å². The summed E-state index contributed by atoms with van der Waals surface area (Å²) in [7, 11) is 0. The van der Waals surface area contributed by atoms with Crippen molar-refractivity contribution in [3.05, 3.63) is 65.2 Å². The van der Waals surface area contributed by atoms with Crippen molar-refractivity contribution in [2.45, 2.75) is 39.3 Å². The van der Waals surface area contributed by atoms with Crippen molar-refractivity contribution in [3.63, 3.8) is 0 Å². The fraction of sp³-hybridized carbons (Fsp3) is 0.333. The molecule has 0 aromatic heterocycles. The Kier molecular flexibility index (Phi) is 5.33. The second-order valence-corrected chi connectivity index (χ2v) is 7.50. The summed E-state index contributed by atoms with van der Waals surface area (Å²) in [6.45, 7) is 4.46.